The Morgan fingerprint density at radius 3 is 1.10 bits per heavy atom. The Kier molecular flexibility index (Phi) is 63.4. The van der Waals surface area contributed by atoms with Crippen molar-refractivity contribution in [3.63, 3.8) is 0 Å². The normalized spacial score (nSPS) is 11.4. The molecule has 0 aromatic rings. The molecule has 0 aliphatic carbocycles. The van der Waals surface area contributed by atoms with Gasteiger partial charge in [0.2, 0.25) is 0 Å². The molecule has 0 aliphatic heterocycles. The van der Waals surface area contributed by atoms with Crippen molar-refractivity contribution in [3.8, 4) is 0 Å². The summed E-state index contributed by atoms with van der Waals surface area (Å²) in [6, 6.07) is 0. The summed E-state index contributed by atoms with van der Waals surface area (Å²) in [5.41, 5.74) is 0. The van der Waals surface area contributed by atoms with Crippen molar-refractivity contribution >= 4 is 42.1 Å². The second-order valence-corrected chi connectivity index (χ2v) is 18.7. The molecule has 15 heteroatoms. The third-order valence-corrected chi connectivity index (χ3v) is 11.2. The van der Waals surface area contributed by atoms with E-state index in [0.717, 1.165) is 83.3 Å². The molecule has 0 radical (unpaired) electrons. The zero-order valence-corrected chi connectivity index (χ0v) is 48.6. The topological polar surface area (TPSA) is 187 Å². The molecule has 0 saturated carbocycles. The summed E-state index contributed by atoms with van der Waals surface area (Å²) in [6.07, 6.45) is 24.9. The number of hydrogen-bond acceptors (Lipinski definition) is 15. The van der Waals surface area contributed by atoms with Crippen LogP contribution < -0.4 is 0 Å². The molecule has 0 heterocycles. The molecule has 15 nitrogen and oxygen atoms in total. The second kappa shape index (κ2) is 61.0. The van der Waals surface area contributed by atoms with Crippen LogP contribution in [0, 0.1) is 0 Å². The monoisotopic (exact) mass is 1050 g/mol. The highest BCUT2D eigenvalue weighted by molar-refractivity contribution is 5.72. The Bertz CT molecular complexity index is 1250. The van der Waals surface area contributed by atoms with Crippen LogP contribution in [0.2, 0.25) is 0 Å². The smallest absolute Gasteiger partial charge is 0.306 e. The van der Waals surface area contributed by atoms with Gasteiger partial charge in [-0.1, -0.05) is 171 Å². The minimum Gasteiger partial charge on any atom is -0.462 e. The fourth-order valence-electron chi connectivity index (χ4n) is 6.95. The van der Waals surface area contributed by atoms with Crippen LogP contribution in [-0.4, -0.2) is 119 Å². The van der Waals surface area contributed by atoms with E-state index < -0.39 is 54.1 Å². The third kappa shape index (κ3) is 60.9. The highest BCUT2D eigenvalue weighted by Gasteiger charge is 2.24. The molecule has 0 amide bonds. The van der Waals surface area contributed by atoms with E-state index in [9.17, 15) is 33.6 Å². The lowest BCUT2D eigenvalue weighted by molar-refractivity contribution is -0.168. The number of carbonyl (C=O) groups is 7. The zero-order chi connectivity index (χ0) is 55.6. The van der Waals surface area contributed by atoms with Gasteiger partial charge in [-0.2, -0.15) is 0 Å². The van der Waals surface area contributed by atoms with Gasteiger partial charge in [-0.05, 0) is 65.6 Å². The summed E-state index contributed by atoms with van der Waals surface area (Å²) < 4.78 is 37.9. The molecule has 2 atom stereocenters. The maximum absolute atomic E-state index is 13.1. The number of rotatable bonds is 46. The molecule has 432 valence electrons. The Morgan fingerprint density at radius 1 is 0.384 bits per heavy atom. The van der Waals surface area contributed by atoms with Crippen LogP contribution in [-0.2, 0) is 66.7 Å². The minimum absolute atomic E-state index is 0.0190. The molecular weight excluding hydrogens is 935 g/mol. The average molecular weight is 1050 g/mol. The quantitative estimate of drug-likeness (QED) is 0.0242. The van der Waals surface area contributed by atoms with Gasteiger partial charge in [0.15, 0.2) is 12.2 Å². The molecule has 0 bridgehead atoms. The van der Waals surface area contributed by atoms with Crippen molar-refractivity contribution in [2.24, 2.45) is 0 Å². The molecule has 73 heavy (non-hydrogen) atoms. The number of ether oxygens (including phenoxy) is 7. The van der Waals surface area contributed by atoms with Gasteiger partial charge in [0.25, 0.3) is 0 Å². The van der Waals surface area contributed by atoms with Crippen molar-refractivity contribution in [1.29, 1.82) is 0 Å². The summed E-state index contributed by atoms with van der Waals surface area (Å²) in [6.45, 7) is 16.8. The van der Waals surface area contributed by atoms with Gasteiger partial charge in [0.1, 0.15) is 32.2 Å². The van der Waals surface area contributed by atoms with Crippen LogP contribution in [0.3, 0.4) is 0 Å². The maximum Gasteiger partial charge on any atom is 0.306 e. The molecule has 0 aliphatic rings. The van der Waals surface area contributed by atoms with E-state index in [1.807, 2.05) is 39.8 Å². The molecule has 0 aromatic heterocycles. The molecule has 0 spiro atoms. The molecule has 2 unspecified atom stereocenters. The minimum atomic E-state index is -1.02. The number of carbonyl (C=O) groups excluding carboxylic acids is 7. The lowest BCUT2D eigenvalue weighted by Gasteiger charge is -2.21. The van der Waals surface area contributed by atoms with Gasteiger partial charge in [-0.3, -0.25) is 28.8 Å². The van der Waals surface area contributed by atoms with Gasteiger partial charge >= 0.3 is 35.8 Å². The van der Waals surface area contributed by atoms with Crippen molar-refractivity contribution in [3.05, 3.63) is 0 Å². The molecule has 0 fully saturated rings. The Labute approximate surface area is 445 Å². The van der Waals surface area contributed by atoms with Crippen molar-refractivity contribution in [2.75, 3.05) is 54.2 Å². The first kappa shape index (κ1) is 75.9. The van der Waals surface area contributed by atoms with Crippen LogP contribution in [0.1, 0.15) is 261 Å². The van der Waals surface area contributed by atoms with E-state index >= 15 is 0 Å². The largest absolute Gasteiger partial charge is 0.462 e. The Hall–Kier alpha value is -3.59. The first-order valence-corrected chi connectivity index (χ1v) is 28.9. The first-order valence-electron chi connectivity index (χ1n) is 28.9. The third-order valence-electron chi connectivity index (χ3n) is 11.2. The SMILES string of the molecule is CC.CCCCC.CCCCCCCCC(=O)OCC(COC(=O)CCCCCCCC)OC(=O)CCC(CCC(=O)OC(COC)COC(=O)CCC)OC(=O)CCCN(C)C.CCCCCCCCC=O. The van der Waals surface area contributed by atoms with Crippen LogP contribution in [0.25, 0.3) is 0 Å². The average Bonchev–Trinajstić information content (AvgIpc) is 3.37. The van der Waals surface area contributed by atoms with E-state index in [-0.39, 0.29) is 77.8 Å². The van der Waals surface area contributed by atoms with Gasteiger partial charge in [0, 0.05) is 52.1 Å². The highest BCUT2D eigenvalue weighted by atomic mass is 16.6. The lowest BCUT2D eigenvalue weighted by Crippen LogP contribution is -2.31. The number of hydrogen-bond donors (Lipinski definition) is 0. The molecule has 0 aromatic carbocycles. The Morgan fingerprint density at radius 2 is 0.726 bits per heavy atom. The number of unbranched alkanes of at least 4 members (excludes halogenated alkanes) is 18. The van der Waals surface area contributed by atoms with Crippen LogP contribution >= 0.6 is 0 Å². The van der Waals surface area contributed by atoms with Crippen molar-refractivity contribution in [2.45, 2.75) is 279 Å². The van der Waals surface area contributed by atoms with Crippen LogP contribution in [0.15, 0.2) is 0 Å². The van der Waals surface area contributed by atoms with E-state index in [4.69, 9.17) is 33.2 Å². The summed E-state index contributed by atoms with van der Waals surface area (Å²) in [5.74, 6) is -2.98. The van der Waals surface area contributed by atoms with E-state index in [2.05, 4.69) is 34.6 Å². The molecular formula is C58H111NO14. The number of esters is 6. The molecule has 0 N–H and O–H groups in total. The summed E-state index contributed by atoms with van der Waals surface area (Å²) in [7, 11) is 5.23. The fraction of sp³-hybridized carbons (Fsp3) is 0.879. The second-order valence-electron chi connectivity index (χ2n) is 18.7. The fourth-order valence-corrected chi connectivity index (χ4v) is 6.95. The first-order chi connectivity index (χ1) is 35.3. The standard InChI is InChI=1S/C42H75NO13.C9H18O.C5H12.C2H6/c1-7-10-12-14-16-18-22-38(45)52-32-36(33-53-39(46)23-19-17-15-13-11-8-2)56-42(49)28-26-34(54-40(47)24-20-29-43(4)5)25-27-41(48)55-35(30-50-6)31-51-37(44)21-9-3;1-2-3-4-5-6-7-8-9-10;1-3-5-4-2;1-2/h34-36H,7-33H2,1-6H3;9H,2-8H2,1H3;3-5H2,1-2H3;1-2H3. The van der Waals surface area contributed by atoms with E-state index in [1.165, 1.54) is 58.5 Å². The van der Waals surface area contributed by atoms with Gasteiger partial charge in [-0.25, -0.2) is 0 Å². The summed E-state index contributed by atoms with van der Waals surface area (Å²) >= 11 is 0. The summed E-state index contributed by atoms with van der Waals surface area (Å²) in [4.78, 5) is 87.2. The molecule has 0 rings (SSSR count). The highest BCUT2D eigenvalue weighted by Crippen LogP contribution is 2.16. The van der Waals surface area contributed by atoms with Crippen molar-refractivity contribution in [1.82, 2.24) is 4.90 Å². The van der Waals surface area contributed by atoms with E-state index in [0.29, 0.717) is 32.2 Å². The zero-order valence-electron chi connectivity index (χ0n) is 48.6. The number of aldehydes is 1. The Balaban J connectivity index is -0.00000119. The lowest BCUT2D eigenvalue weighted by atomic mass is 10.1. The predicted octanol–water partition coefficient (Wildman–Crippen LogP) is 13.4. The van der Waals surface area contributed by atoms with Crippen LogP contribution in [0.4, 0.5) is 0 Å². The van der Waals surface area contributed by atoms with E-state index in [1.54, 1.807) is 0 Å². The van der Waals surface area contributed by atoms with Gasteiger partial charge in [-0.15, -0.1) is 0 Å². The summed E-state index contributed by atoms with van der Waals surface area (Å²) in [5, 5.41) is 0. The predicted molar refractivity (Wildman–Crippen MR) is 292 cm³/mol. The number of methoxy groups -OCH3 is 1. The van der Waals surface area contributed by atoms with Gasteiger partial charge < -0.3 is 42.9 Å². The van der Waals surface area contributed by atoms with Crippen LogP contribution in [0.5, 0.6) is 0 Å². The van der Waals surface area contributed by atoms with Crippen molar-refractivity contribution < 1.29 is 66.7 Å². The number of nitrogens with zero attached hydrogens (tertiary/aromatic N) is 1. The van der Waals surface area contributed by atoms with Gasteiger partial charge in [0.05, 0.1) is 6.61 Å². The maximum atomic E-state index is 13.1. The molecule has 0 saturated heterocycles.